The Kier molecular flexibility index (Phi) is 2.57. The molecule has 0 aromatic carbocycles. The van der Waals surface area contributed by atoms with Gasteiger partial charge in [0.15, 0.2) is 0 Å². The highest BCUT2D eigenvalue weighted by Crippen LogP contribution is 2.65. The number of allylic oxidation sites excluding steroid dienone is 5. The van der Waals surface area contributed by atoms with E-state index in [0.29, 0.717) is 35.1 Å². The standard InChI is InChI=1S/C21H27NO/c1-20(2)14-8-9-21(20,3)17(11-14)22-19(23)16-10-13-5-4-12-6-7-15(16)18(12)13/h4-7,10,12-15,17-18H,8-9,11H2,1-3H3,(H,22,23)/t12-,13+,14+,15+,17-,18-,21+/m1/s1. The molecule has 1 N–H and O–H groups in total. The van der Waals surface area contributed by atoms with Gasteiger partial charge in [-0.25, -0.2) is 0 Å². The Bertz CT molecular complexity index is 669. The summed E-state index contributed by atoms with van der Waals surface area (Å²) in [6.07, 6.45) is 15.2. The van der Waals surface area contributed by atoms with Crippen LogP contribution in [0.4, 0.5) is 0 Å². The first-order valence-corrected chi connectivity index (χ1v) is 9.31. The van der Waals surface area contributed by atoms with Gasteiger partial charge in [-0.3, -0.25) is 4.79 Å². The van der Waals surface area contributed by atoms with E-state index in [-0.39, 0.29) is 11.3 Å². The van der Waals surface area contributed by atoms with Crippen LogP contribution in [0.15, 0.2) is 36.0 Å². The number of nitrogens with one attached hydrogen (secondary N) is 1. The molecule has 1 amide bonds. The summed E-state index contributed by atoms with van der Waals surface area (Å²) in [5.74, 6) is 2.96. The van der Waals surface area contributed by atoms with E-state index in [4.69, 9.17) is 0 Å². The number of amides is 1. The summed E-state index contributed by atoms with van der Waals surface area (Å²) < 4.78 is 0. The first-order valence-electron chi connectivity index (χ1n) is 9.31. The van der Waals surface area contributed by atoms with Crippen LogP contribution in [0, 0.1) is 40.4 Å². The van der Waals surface area contributed by atoms with E-state index in [1.165, 1.54) is 19.3 Å². The minimum Gasteiger partial charge on any atom is -0.349 e. The van der Waals surface area contributed by atoms with Crippen LogP contribution in [0.25, 0.3) is 0 Å². The van der Waals surface area contributed by atoms with Crippen molar-refractivity contribution in [1.82, 2.24) is 5.32 Å². The second-order valence-corrected chi connectivity index (χ2v) is 9.29. The molecular formula is C21H27NO. The molecule has 122 valence electrons. The van der Waals surface area contributed by atoms with Crippen molar-refractivity contribution in [2.24, 2.45) is 40.4 Å². The fourth-order valence-electron chi connectivity index (χ4n) is 6.50. The molecule has 23 heavy (non-hydrogen) atoms. The Morgan fingerprint density at radius 3 is 2.57 bits per heavy atom. The molecule has 0 heterocycles. The second-order valence-electron chi connectivity index (χ2n) is 9.29. The average Bonchev–Trinajstić information content (AvgIpc) is 3.23. The summed E-state index contributed by atoms with van der Waals surface area (Å²) in [5, 5.41) is 3.46. The van der Waals surface area contributed by atoms with Crippen molar-refractivity contribution in [3.63, 3.8) is 0 Å². The van der Waals surface area contributed by atoms with Crippen molar-refractivity contribution in [3.05, 3.63) is 36.0 Å². The Hall–Kier alpha value is -1.31. The van der Waals surface area contributed by atoms with Crippen molar-refractivity contribution in [3.8, 4) is 0 Å². The van der Waals surface area contributed by atoms with Gasteiger partial charge in [0.25, 0.3) is 0 Å². The summed E-state index contributed by atoms with van der Waals surface area (Å²) in [5.41, 5.74) is 1.65. The Balaban J connectivity index is 1.38. The van der Waals surface area contributed by atoms with Crippen LogP contribution in [0.5, 0.6) is 0 Å². The Morgan fingerprint density at radius 2 is 1.87 bits per heavy atom. The monoisotopic (exact) mass is 309 g/mol. The molecule has 7 atom stereocenters. The first kappa shape index (κ1) is 14.1. The third-order valence-corrected chi connectivity index (χ3v) is 8.49. The molecule has 0 spiro atoms. The zero-order chi connectivity index (χ0) is 16.0. The topological polar surface area (TPSA) is 29.1 Å². The lowest BCUT2D eigenvalue weighted by atomic mass is 9.69. The van der Waals surface area contributed by atoms with Crippen LogP contribution in [-0.2, 0) is 4.79 Å². The molecule has 2 heteroatoms. The lowest BCUT2D eigenvalue weighted by Crippen LogP contribution is -2.47. The highest BCUT2D eigenvalue weighted by molar-refractivity contribution is 5.95. The first-order chi connectivity index (χ1) is 10.9. The molecule has 5 rings (SSSR count). The molecule has 0 saturated heterocycles. The fourth-order valence-corrected chi connectivity index (χ4v) is 6.50. The number of carbonyl (C=O) groups is 1. The second kappa shape index (κ2) is 4.20. The molecule has 2 bridgehead atoms. The van der Waals surface area contributed by atoms with Gasteiger partial charge in [0.05, 0.1) is 0 Å². The van der Waals surface area contributed by atoms with Crippen molar-refractivity contribution in [2.75, 3.05) is 0 Å². The number of fused-ring (bicyclic) bond motifs is 2. The van der Waals surface area contributed by atoms with Crippen LogP contribution in [0.1, 0.15) is 40.0 Å². The van der Waals surface area contributed by atoms with Gasteiger partial charge in [0.1, 0.15) is 0 Å². The molecule has 0 radical (unpaired) electrons. The highest BCUT2D eigenvalue weighted by Gasteiger charge is 2.61. The zero-order valence-corrected chi connectivity index (χ0v) is 14.4. The van der Waals surface area contributed by atoms with Crippen molar-refractivity contribution in [2.45, 2.75) is 46.1 Å². The van der Waals surface area contributed by atoms with E-state index in [1.54, 1.807) is 0 Å². The van der Waals surface area contributed by atoms with Crippen LogP contribution in [0.3, 0.4) is 0 Å². The number of hydrogen-bond donors (Lipinski definition) is 1. The molecule has 2 nitrogen and oxygen atoms in total. The minimum absolute atomic E-state index is 0.206. The molecular weight excluding hydrogens is 282 g/mol. The van der Waals surface area contributed by atoms with Gasteiger partial charge in [-0.15, -0.1) is 0 Å². The van der Waals surface area contributed by atoms with Gasteiger partial charge in [0.2, 0.25) is 5.91 Å². The fraction of sp³-hybridized carbons (Fsp3) is 0.667. The maximum atomic E-state index is 13.0. The highest BCUT2D eigenvalue weighted by atomic mass is 16.1. The molecule has 5 aliphatic rings. The summed E-state index contributed by atoms with van der Waals surface area (Å²) in [6, 6.07) is 0.349. The third kappa shape index (κ3) is 1.58. The van der Waals surface area contributed by atoms with Gasteiger partial charge >= 0.3 is 0 Å². The Labute approximate surface area is 139 Å². The van der Waals surface area contributed by atoms with E-state index in [1.807, 2.05) is 0 Å². The van der Waals surface area contributed by atoms with Crippen LogP contribution >= 0.6 is 0 Å². The number of rotatable bonds is 2. The molecule has 2 fully saturated rings. The summed E-state index contributed by atoms with van der Waals surface area (Å²) in [6.45, 7) is 7.22. The van der Waals surface area contributed by atoms with E-state index in [0.717, 1.165) is 11.5 Å². The lowest BCUT2D eigenvalue weighted by Gasteiger charge is -2.39. The summed E-state index contributed by atoms with van der Waals surface area (Å²) in [4.78, 5) is 13.0. The van der Waals surface area contributed by atoms with E-state index in [2.05, 4.69) is 56.5 Å². The quantitative estimate of drug-likeness (QED) is 0.771. The maximum absolute atomic E-state index is 13.0. The van der Waals surface area contributed by atoms with Gasteiger partial charge in [-0.2, -0.15) is 0 Å². The van der Waals surface area contributed by atoms with Gasteiger partial charge in [-0.05, 0) is 47.8 Å². The van der Waals surface area contributed by atoms with Gasteiger partial charge in [0, 0.05) is 23.5 Å². The molecule has 5 aliphatic carbocycles. The maximum Gasteiger partial charge on any atom is 0.247 e. The minimum atomic E-state index is 0.206. The van der Waals surface area contributed by atoms with E-state index < -0.39 is 0 Å². The van der Waals surface area contributed by atoms with Crippen LogP contribution in [0.2, 0.25) is 0 Å². The molecule has 0 unspecified atom stereocenters. The summed E-state index contributed by atoms with van der Waals surface area (Å²) in [7, 11) is 0. The van der Waals surface area contributed by atoms with Crippen LogP contribution in [-0.4, -0.2) is 11.9 Å². The average molecular weight is 309 g/mol. The van der Waals surface area contributed by atoms with Gasteiger partial charge < -0.3 is 5.32 Å². The Morgan fingerprint density at radius 1 is 1.13 bits per heavy atom. The van der Waals surface area contributed by atoms with Gasteiger partial charge in [-0.1, -0.05) is 51.2 Å². The van der Waals surface area contributed by atoms with Crippen LogP contribution < -0.4 is 5.32 Å². The lowest BCUT2D eigenvalue weighted by molar-refractivity contribution is -0.119. The molecule has 0 aromatic rings. The largest absolute Gasteiger partial charge is 0.349 e. The predicted molar refractivity (Wildman–Crippen MR) is 91.5 cm³/mol. The number of hydrogen-bond acceptors (Lipinski definition) is 1. The molecule has 0 aliphatic heterocycles. The normalized spacial score (nSPS) is 50.5. The van der Waals surface area contributed by atoms with Crippen molar-refractivity contribution >= 4 is 5.91 Å². The number of carbonyl (C=O) groups excluding carboxylic acids is 1. The molecule has 2 saturated carbocycles. The van der Waals surface area contributed by atoms with Crippen molar-refractivity contribution < 1.29 is 4.79 Å². The third-order valence-electron chi connectivity index (χ3n) is 8.49. The van der Waals surface area contributed by atoms with E-state index in [9.17, 15) is 4.79 Å². The van der Waals surface area contributed by atoms with Crippen molar-refractivity contribution in [1.29, 1.82) is 0 Å². The van der Waals surface area contributed by atoms with E-state index >= 15 is 0 Å². The SMILES string of the molecule is CC1(C)[C@H]2CC[C@@]1(C)[C@H](NC(=O)C1=C[C@@H]3C=C[C@@H]4C=C[C@@H]1[C@H]43)C2. The molecule has 0 aromatic heterocycles. The predicted octanol–water partition coefficient (Wildman–Crippen LogP) is 3.86. The smallest absolute Gasteiger partial charge is 0.247 e. The summed E-state index contributed by atoms with van der Waals surface area (Å²) >= 11 is 0. The zero-order valence-electron chi connectivity index (χ0n) is 14.4.